The maximum atomic E-state index is 13.0. The van der Waals surface area contributed by atoms with Crippen LogP contribution in [0.25, 0.3) is 11.1 Å². The number of amides is 1. The lowest BCUT2D eigenvalue weighted by Gasteiger charge is -2.36. The highest BCUT2D eigenvalue weighted by Gasteiger charge is 2.32. The zero-order valence-electron chi connectivity index (χ0n) is 21.1. The van der Waals surface area contributed by atoms with Gasteiger partial charge in [0.2, 0.25) is 0 Å². The van der Waals surface area contributed by atoms with Crippen LogP contribution in [0.4, 0.5) is 0 Å². The zero-order chi connectivity index (χ0) is 24.9. The van der Waals surface area contributed by atoms with Gasteiger partial charge in [0.05, 0.1) is 20.8 Å². The van der Waals surface area contributed by atoms with Gasteiger partial charge in [0.15, 0.2) is 11.5 Å². The zero-order valence-corrected chi connectivity index (χ0v) is 22.0. The predicted molar refractivity (Wildman–Crippen MR) is 136 cm³/mol. The van der Waals surface area contributed by atoms with E-state index < -0.39 is 7.52 Å². The van der Waals surface area contributed by atoms with Crippen LogP contribution in [-0.2, 0) is 9.09 Å². The topological polar surface area (TPSA) is 77.1 Å². The Balaban J connectivity index is 1.63. The molecule has 3 rings (SSSR count). The molecule has 1 N–H and O–H groups in total. The third kappa shape index (κ3) is 6.62. The van der Waals surface area contributed by atoms with Crippen molar-refractivity contribution in [3.05, 3.63) is 48.0 Å². The lowest BCUT2D eigenvalue weighted by molar-refractivity contribution is 0.0920. The molecule has 0 aromatic heterocycles. The Labute approximate surface area is 203 Å². The molecule has 2 aromatic carbocycles. The van der Waals surface area contributed by atoms with Gasteiger partial charge in [-0.05, 0) is 42.0 Å². The molecule has 0 spiro atoms. The molecule has 0 radical (unpaired) electrons. The molecular weight excluding hydrogens is 451 g/mol. The van der Waals surface area contributed by atoms with E-state index in [1.165, 1.54) is 0 Å². The third-order valence-corrected chi connectivity index (χ3v) is 7.93. The van der Waals surface area contributed by atoms with Gasteiger partial charge in [-0.25, -0.2) is 4.67 Å². The first-order valence-electron chi connectivity index (χ1n) is 11.6. The summed E-state index contributed by atoms with van der Waals surface area (Å²) in [6, 6.07) is 13.2. The molecule has 7 nitrogen and oxygen atoms in total. The van der Waals surface area contributed by atoms with Gasteiger partial charge in [0.1, 0.15) is 0 Å². The minimum atomic E-state index is -2.84. The van der Waals surface area contributed by atoms with Crippen molar-refractivity contribution in [2.24, 2.45) is 5.41 Å². The highest BCUT2D eigenvalue weighted by atomic mass is 31.2. The van der Waals surface area contributed by atoms with Crippen molar-refractivity contribution in [3.63, 3.8) is 0 Å². The van der Waals surface area contributed by atoms with E-state index in [0.717, 1.165) is 24.0 Å². The summed E-state index contributed by atoms with van der Waals surface area (Å²) in [6.07, 6.45) is 1.46. The van der Waals surface area contributed by atoms with E-state index in [4.69, 9.17) is 14.0 Å². The number of carbonyl (C=O) groups is 1. The summed E-state index contributed by atoms with van der Waals surface area (Å²) in [5.74, 6) is 1.15. The van der Waals surface area contributed by atoms with Crippen molar-refractivity contribution in [2.45, 2.75) is 39.7 Å². The number of hydrogen-bond donors (Lipinski definition) is 1. The minimum absolute atomic E-state index is 0.0291. The molecule has 1 atom stereocenters. The van der Waals surface area contributed by atoms with Crippen LogP contribution < -0.4 is 14.8 Å². The fraction of sp³-hybridized carbons (Fsp3) is 0.500. The van der Waals surface area contributed by atoms with Crippen LogP contribution >= 0.6 is 7.52 Å². The maximum Gasteiger partial charge on any atom is 0.269 e. The third-order valence-electron chi connectivity index (χ3n) is 5.90. The van der Waals surface area contributed by atoms with Gasteiger partial charge in [-0.1, -0.05) is 45.0 Å². The smallest absolute Gasteiger partial charge is 0.269 e. The number of ether oxygens (including phenoxy) is 2. The van der Waals surface area contributed by atoms with Gasteiger partial charge in [0.25, 0.3) is 13.4 Å². The van der Waals surface area contributed by atoms with Gasteiger partial charge < -0.3 is 19.3 Å². The lowest BCUT2D eigenvalue weighted by Crippen LogP contribution is -2.43. The molecule has 34 heavy (non-hydrogen) atoms. The molecule has 8 heteroatoms. The van der Waals surface area contributed by atoms with E-state index in [0.29, 0.717) is 36.8 Å². The number of hydrogen-bond acceptors (Lipinski definition) is 5. The number of methoxy groups -OCH3 is 2. The van der Waals surface area contributed by atoms with Crippen molar-refractivity contribution < 1.29 is 23.4 Å². The number of piperidine rings is 1. The number of para-hydroxylation sites is 1. The summed E-state index contributed by atoms with van der Waals surface area (Å²) in [6.45, 7) is 9.59. The fourth-order valence-electron chi connectivity index (χ4n) is 3.98. The molecule has 1 aliphatic rings. The molecule has 1 unspecified atom stereocenters. The van der Waals surface area contributed by atoms with Crippen molar-refractivity contribution in [1.82, 2.24) is 9.99 Å². The Morgan fingerprint density at radius 2 is 1.76 bits per heavy atom. The molecule has 1 saturated heterocycles. The standard InChI is InChI=1S/C26H37N2O5P/c1-26(2,3)18-33-34(6,30)28-15-13-21(14-16-28)27-25(29)20-10-7-9-19(17-20)22-11-8-12-23(31-4)24(22)32-5/h7-12,17,21H,13-16,18H2,1-6H3,(H,27,29). The van der Waals surface area contributed by atoms with Crippen molar-refractivity contribution in [2.75, 3.05) is 40.6 Å². The first-order valence-corrected chi connectivity index (χ1v) is 13.7. The second-order valence-corrected chi connectivity index (χ2v) is 12.4. The quantitative estimate of drug-likeness (QED) is 0.498. The SMILES string of the molecule is COc1cccc(-c2cccc(C(=O)NC3CCN(P(C)(=O)OCC(C)(C)C)CC3)c2)c1OC. The van der Waals surface area contributed by atoms with E-state index in [1.807, 2.05) is 41.1 Å². The number of carbonyl (C=O) groups excluding carboxylic acids is 1. The Morgan fingerprint density at radius 1 is 1.09 bits per heavy atom. The summed E-state index contributed by atoms with van der Waals surface area (Å²) < 4.78 is 31.7. The Morgan fingerprint density at radius 3 is 2.38 bits per heavy atom. The summed E-state index contributed by atoms with van der Waals surface area (Å²) in [5, 5.41) is 3.14. The first-order chi connectivity index (χ1) is 16.0. The van der Waals surface area contributed by atoms with Gasteiger partial charge in [0, 0.05) is 36.9 Å². The van der Waals surface area contributed by atoms with Crippen LogP contribution in [-0.4, -0.2) is 57.2 Å². The van der Waals surface area contributed by atoms with Crippen LogP contribution in [0.3, 0.4) is 0 Å². The average molecular weight is 489 g/mol. The lowest BCUT2D eigenvalue weighted by atomic mass is 9.99. The molecule has 1 aliphatic heterocycles. The Hall–Kier alpha value is -2.34. The second-order valence-electron chi connectivity index (χ2n) is 9.96. The molecule has 186 valence electrons. The molecule has 1 fully saturated rings. The molecular formula is C26H37N2O5P. The predicted octanol–water partition coefficient (Wildman–Crippen LogP) is 5.45. The number of nitrogens with zero attached hydrogens (tertiary/aromatic N) is 1. The van der Waals surface area contributed by atoms with Crippen molar-refractivity contribution in [1.29, 1.82) is 0 Å². The van der Waals surface area contributed by atoms with Crippen molar-refractivity contribution in [3.8, 4) is 22.6 Å². The summed E-state index contributed by atoms with van der Waals surface area (Å²) in [5.41, 5.74) is 2.28. The van der Waals surface area contributed by atoms with E-state index in [-0.39, 0.29) is 17.4 Å². The van der Waals surface area contributed by atoms with E-state index in [2.05, 4.69) is 26.1 Å². The molecule has 0 bridgehead atoms. The van der Waals surface area contributed by atoms with E-state index >= 15 is 0 Å². The van der Waals surface area contributed by atoms with Crippen LogP contribution in [0.5, 0.6) is 11.5 Å². The Bertz CT molecular complexity index is 1040. The molecule has 0 saturated carbocycles. The van der Waals surface area contributed by atoms with Crippen LogP contribution in [0.1, 0.15) is 44.0 Å². The van der Waals surface area contributed by atoms with E-state index in [1.54, 1.807) is 27.0 Å². The van der Waals surface area contributed by atoms with E-state index in [9.17, 15) is 9.36 Å². The summed E-state index contributed by atoms with van der Waals surface area (Å²) in [4.78, 5) is 13.0. The molecule has 1 heterocycles. The number of nitrogens with one attached hydrogen (secondary N) is 1. The van der Waals surface area contributed by atoms with Gasteiger partial charge in [-0.2, -0.15) is 0 Å². The van der Waals surface area contributed by atoms with Gasteiger partial charge >= 0.3 is 0 Å². The summed E-state index contributed by atoms with van der Waals surface area (Å²) in [7, 11) is 0.367. The number of benzene rings is 2. The first kappa shape index (κ1) is 26.3. The van der Waals surface area contributed by atoms with Gasteiger partial charge in [-0.3, -0.25) is 9.36 Å². The fourth-order valence-corrected chi connectivity index (χ4v) is 5.73. The van der Waals surface area contributed by atoms with Crippen LogP contribution in [0.2, 0.25) is 0 Å². The van der Waals surface area contributed by atoms with Crippen molar-refractivity contribution >= 4 is 13.4 Å². The average Bonchev–Trinajstić information content (AvgIpc) is 2.82. The largest absolute Gasteiger partial charge is 0.493 e. The maximum absolute atomic E-state index is 13.0. The molecule has 1 amide bonds. The monoisotopic (exact) mass is 488 g/mol. The highest BCUT2D eigenvalue weighted by molar-refractivity contribution is 7.55. The summed E-state index contributed by atoms with van der Waals surface area (Å²) >= 11 is 0. The number of rotatable bonds is 8. The minimum Gasteiger partial charge on any atom is -0.493 e. The normalized spacial score (nSPS) is 17.1. The molecule has 2 aromatic rings. The second kappa shape index (κ2) is 10.9. The molecule has 0 aliphatic carbocycles. The van der Waals surface area contributed by atoms with Gasteiger partial charge in [-0.15, -0.1) is 0 Å². The van der Waals surface area contributed by atoms with Crippen LogP contribution in [0, 0.1) is 5.41 Å². The highest BCUT2D eigenvalue weighted by Crippen LogP contribution is 2.49. The Kier molecular flexibility index (Phi) is 8.45. The van der Waals surface area contributed by atoms with Crippen LogP contribution in [0.15, 0.2) is 42.5 Å².